The Balaban J connectivity index is 0.642. The number of nitrogen functional groups attached to an aromatic ring is 1. The fourth-order valence-electron chi connectivity index (χ4n) is 9.11. The Bertz CT molecular complexity index is 2960. The highest BCUT2D eigenvalue weighted by molar-refractivity contribution is 6.25. The smallest absolute Gasteiger partial charge is 0.264 e. The molecule has 5 heterocycles. The van der Waals surface area contributed by atoms with Crippen LogP contribution in [0.5, 0.6) is 0 Å². The highest BCUT2D eigenvalue weighted by atomic mass is 16.6. The van der Waals surface area contributed by atoms with E-state index >= 15 is 0 Å². The van der Waals surface area contributed by atoms with E-state index in [4.69, 9.17) is 40.4 Å². The lowest BCUT2D eigenvalue weighted by atomic mass is 9.73. The standard InChI is InChI=1S/C53H58N10O9/c54-47-39(8-3-22-58-47)48-60-42-15-14-40(59-49(42)62(48)37-12-10-36(11-13-37)53(55)20-4-21-53)35-6-1-5-34(33-35)18-23-57-44(64)19-25-69-27-29-71-31-32-72-30-28-70-26-24-56-41-9-2-7-38-46(41)52(68)63(51(38)67)43-16-17-45(65)61-50(43)66/h1-3,5-15,22,33,43,56H,4,16-21,23-32,55H2,(H2,54,58)(H,57,64)(H,61,65,66). The van der Waals surface area contributed by atoms with Gasteiger partial charge in [-0.3, -0.25) is 38.8 Å². The van der Waals surface area contributed by atoms with Crippen molar-refractivity contribution in [2.24, 2.45) is 5.73 Å². The first-order chi connectivity index (χ1) is 35.1. The lowest BCUT2D eigenvalue weighted by Crippen LogP contribution is -2.54. The number of amides is 5. The first kappa shape index (κ1) is 49.6. The molecule has 9 rings (SSSR count). The molecule has 5 amide bonds. The lowest BCUT2D eigenvalue weighted by Gasteiger charge is -2.38. The molecule has 3 aromatic heterocycles. The molecule has 2 fully saturated rings. The fourth-order valence-corrected chi connectivity index (χ4v) is 9.11. The fraction of sp³-hybridized carbons (Fsp3) is 0.358. The second-order valence-electron chi connectivity index (χ2n) is 17.9. The van der Waals surface area contributed by atoms with Crippen molar-refractivity contribution in [1.82, 2.24) is 35.1 Å². The van der Waals surface area contributed by atoms with Crippen molar-refractivity contribution in [2.75, 3.05) is 77.0 Å². The molecule has 3 aliphatic rings. The molecule has 0 spiro atoms. The van der Waals surface area contributed by atoms with Gasteiger partial charge in [0.25, 0.3) is 11.8 Å². The zero-order valence-corrected chi connectivity index (χ0v) is 39.9. The Labute approximate surface area is 416 Å². The van der Waals surface area contributed by atoms with Gasteiger partial charge in [-0.2, -0.15) is 0 Å². The minimum Gasteiger partial charge on any atom is -0.383 e. The van der Waals surface area contributed by atoms with Crippen LogP contribution in [-0.4, -0.2) is 126 Å². The van der Waals surface area contributed by atoms with Crippen LogP contribution >= 0.6 is 0 Å². The Hall–Kier alpha value is -7.42. The number of nitrogens with two attached hydrogens (primary N) is 2. The van der Waals surface area contributed by atoms with Crippen molar-refractivity contribution >= 4 is 52.2 Å². The molecule has 0 radical (unpaired) electrons. The summed E-state index contributed by atoms with van der Waals surface area (Å²) in [6.07, 6.45) is 5.76. The van der Waals surface area contributed by atoms with E-state index < -0.39 is 29.7 Å². The molecule has 19 heteroatoms. The number of hydrogen-bond acceptors (Lipinski definition) is 15. The van der Waals surface area contributed by atoms with Gasteiger partial charge in [0, 0.05) is 54.6 Å². The van der Waals surface area contributed by atoms with Crippen LogP contribution in [0.25, 0.3) is 39.5 Å². The molecule has 374 valence electrons. The van der Waals surface area contributed by atoms with Crippen LogP contribution in [-0.2, 0) is 45.3 Å². The second-order valence-corrected chi connectivity index (χ2v) is 17.9. The lowest BCUT2D eigenvalue weighted by molar-refractivity contribution is -0.136. The maximum absolute atomic E-state index is 13.2. The van der Waals surface area contributed by atoms with Gasteiger partial charge in [0.1, 0.15) is 17.4 Å². The summed E-state index contributed by atoms with van der Waals surface area (Å²) in [6, 6.07) is 28.0. The number of hydrogen-bond donors (Lipinski definition) is 5. The SMILES string of the molecule is Nc1ncccc1-c1nc2ccc(-c3cccc(CCNC(=O)CCOCCOCCOCCOCCNc4cccc5c4C(=O)N(C4CCC(=O)NC4=O)C5=O)c3)nc2n1-c1ccc(C2(N)CCC2)cc1. The van der Waals surface area contributed by atoms with E-state index in [0.717, 1.165) is 57.8 Å². The number of anilines is 2. The molecule has 2 aliphatic heterocycles. The van der Waals surface area contributed by atoms with Crippen molar-refractivity contribution < 1.29 is 42.9 Å². The summed E-state index contributed by atoms with van der Waals surface area (Å²) in [5, 5.41) is 8.33. The number of ether oxygens (including phenoxy) is 4. The summed E-state index contributed by atoms with van der Waals surface area (Å²) in [5.41, 5.74) is 20.5. The molecule has 0 bridgehead atoms. The molecular weight excluding hydrogens is 921 g/mol. The molecule has 19 nitrogen and oxygen atoms in total. The Kier molecular flexibility index (Phi) is 15.7. The summed E-state index contributed by atoms with van der Waals surface area (Å²) in [6.45, 7) is 3.56. The molecule has 1 saturated heterocycles. The quantitative estimate of drug-likeness (QED) is 0.0407. The van der Waals surface area contributed by atoms with Crippen molar-refractivity contribution in [3.8, 4) is 28.3 Å². The van der Waals surface area contributed by atoms with Gasteiger partial charge in [0.05, 0.1) is 75.2 Å². The van der Waals surface area contributed by atoms with Crippen molar-refractivity contribution in [3.63, 3.8) is 0 Å². The van der Waals surface area contributed by atoms with Crippen LogP contribution in [0.15, 0.2) is 97.2 Å². The molecule has 6 aromatic rings. The minimum atomic E-state index is -1.03. The van der Waals surface area contributed by atoms with Gasteiger partial charge in [-0.1, -0.05) is 36.4 Å². The van der Waals surface area contributed by atoms with Crippen LogP contribution in [0.2, 0.25) is 0 Å². The number of carbonyl (C=O) groups is 5. The second kappa shape index (κ2) is 22.8. The maximum Gasteiger partial charge on any atom is 0.264 e. The van der Waals surface area contributed by atoms with Crippen LogP contribution in [0.3, 0.4) is 0 Å². The number of fused-ring (bicyclic) bond motifs is 2. The number of imidazole rings is 1. The van der Waals surface area contributed by atoms with Crippen molar-refractivity contribution in [1.29, 1.82) is 0 Å². The number of carbonyl (C=O) groups excluding carboxylic acids is 5. The van der Waals surface area contributed by atoms with E-state index in [1.54, 1.807) is 24.4 Å². The molecular formula is C53H58N10O9. The number of nitrogens with one attached hydrogen (secondary N) is 3. The zero-order chi connectivity index (χ0) is 50.0. The summed E-state index contributed by atoms with van der Waals surface area (Å²) in [5.74, 6) is -1.28. The Morgan fingerprint density at radius 3 is 2.22 bits per heavy atom. The molecule has 3 aromatic carbocycles. The highest BCUT2D eigenvalue weighted by Gasteiger charge is 2.45. The van der Waals surface area contributed by atoms with Crippen LogP contribution < -0.4 is 27.4 Å². The van der Waals surface area contributed by atoms with Crippen LogP contribution in [0.4, 0.5) is 11.5 Å². The largest absolute Gasteiger partial charge is 0.383 e. The number of piperidine rings is 1. The molecule has 72 heavy (non-hydrogen) atoms. The topological polar surface area (TPSA) is 257 Å². The normalized spacial score (nSPS) is 16.2. The van der Waals surface area contributed by atoms with Gasteiger partial charge < -0.3 is 41.0 Å². The first-order valence-electron chi connectivity index (χ1n) is 24.3. The van der Waals surface area contributed by atoms with Gasteiger partial charge >= 0.3 is 0 Å². The predicted octanol–water partition coefficient (Wildman–Crippen LogP) is 4.70. The number of rotatable bonds is 24. The molecule has 1 unspecified atom stereocenters. The Morgan fingerprint density at radius 1 is 0.778 bits per heavy atom. The predicted molar refractivity (Wildman–Crippen MR) is 268 cm³/mol. The Morgan fingerprint density at radius 2 is 1.50 bits per heavy atom. The van der Waals surface area contributed by atoms with Gasteiger partial charge in [0.15, 0.2) is 11.5 Å². The minimum absolute atomic E-state index is 0.0543. The van der Waals surface area contributed by atoms with Crippen LogP contribution in [0, 0.1) is 0 Å². The summed E-state index contributed by atoms with van der Waals surface area (Å²) in [4.78, 5) is 78.2. The third-order valence-corrected chi connectivity index (χ3v) is 13.1. The summed E-state index contributed by atoms with van der Waals surface area (Å²) >= 11 is 0. The van der Waals surface area contributed by atoms with E-state index in [1.807, 2.05) is 47.0 Å². The van der Waals surface area contributed by atoms with Crippen molar-refractivity contribution in [3.05, 3.63) is 119 Å². The van der Waals surface area contributed by atoms with E-state index in [2.05, 4.69) is 51.3 Å². The average molecular weight is 979 g/mol. The monoisotopic (exact) mass is 978 g/mol. The van der Waals surface area contributed by atoms with E-state index in [-0.39, 0.29) is 48.4 Å². The number of nitrogens with zero attached hydrogens (tertiary/aromatic N) is 5. The number of aromatic nitrogens is 4. The first-order valence-corrected chi connectivity index (χ1v) is 24.3. The number of pyridine rings is 2. The zero-order valence-electron chi connectivity index (χ0n) is 39.9. The van der Waals surface area contributed by atoms with E-state index in [1.165, 1.54) is 0 Å². The third kappa shape index (κ3) is 11.2. The van der Waals surface area contributed by atoms with Crippen LogP contribution in [0.1, 0.15) is 70.4 Å². The molecule has 1 aliphatic carbocycles. The molecule has 1 atom stereocenters. The molecule has 1 saturated carbocycles. The maximum atomic E-state index is 13.2. The number of imide groups is 2. The van der Waals surface area contributed by atoms with E-state index in [9.17, 15) is 24.0 Å². The average Bonchev–Trinajstić information content (AvgIpc) is 3.88. The number of benzene rings is 3. The van der Waals surface area contributed by atoms with Gasteiger partial charge in [0.2, 0.25) is 17.7 Å². The highest BCUT2D eigenvalue weighted by Crippen LogP contribution is 2.40. The van der Waals surface area contributed by atoms with Crippen molar-refractivity contribution in [2.45, 2.75) is 56.5 Å². The van der Waals surface area contributed by atoms with Gasteiger partial charge in [-0.25, -0.2) is 15.0 Å². The van der Waals surface area contributed by atoms with Gasteiger partial charge in [-0.15, -0.1) is 0 Å². The summed E-state index contributed by atoms with van der Waals surface area (Å²) < 4.78 is 24.4. The summed E-state index contributed by atoms with van der Waals surface area (Å²) in [7, 11) is 0. The van der Waals surface area contributed by atoms with Gasteiger partial charge in [-0.05, 0) is 97.8 Å². The van der Waals surface area contributed by atoms with E-state index in [0.29, 0.717) is 94.3 Å². The third-order valence-electron chi connectivity index (χ3n) is 13.1. The molecule has 7 N–H and O–H groups in total.